The number of aromatic amines is 1. The quantitative estimate of drug-likeness (QED) is 0.375. The van der Waals surface area contributed by atoms with E-state index in [0.717, 1.165) is 35.7 Å². The molecule has 4 aromatic rings. The number of rotatable bonds is 7. The fraction of sp³-hybridized carbons (Fsp3) is 0.286. The number of nitrogens with one attached hydrogen (secondary N) is 2. The van der Waals surface area contributed by atoms with Crippen molar-refractivity contribution in [2.45, 2.75) is 49.3 Å². The van der Waals surface area contributed by atoms with E-state index in [9.17, 15) is 4.79 Å². The zero-order chi connectivity index (χ0) is 23.5. The molecular formula is C28H30N4OS. The fourth-order valence-corrected chi connectivity index (χ4v) is 5.77. The molecule has 1 saturated heterocycles. The van der Waals surface area contributed by atoms with Crippen molar-refractivity contribution in [1.82, 2.24) is 20.2 Å². The van der Waals surface area contributed by atoms with E-state index >= 15 is 0 Å². The van der Waals surface area contributed by atoms with Gasteiger partial charge >= 0.3 is 0 Å². The molecule has 0 bridgehead atoms. The summed E-state index contributed by atoms with van der Waals surface area (Å²) in [6.45, 7) is 5.63. The number of hydrogen-bond donors (Lipinski definition) is 2. The molecule has 5 rings (SSSR count). The van der Waals surface area contributed by atoms with Crippen LogP contribution in [-0.4, -0.2) is 44.7 Å². The smallest absolute Gasteiger partial charge is 0.237 e. The van der Waals surface area contributed by atoms with Crippen LogP contribution in [0.5, 0.6) is 0 Å². The fourth-order valence-electron chi connectivity index (χ4n) is 4.59. The number of fused-ring (bicyclic) bond motifs is 1. The van der Waals surface area contributed by atoms with Crippen LogP contribution < -0.4 is 5.32 Å². The maximum Gasteiger partial charge on any atom is 0.237 e. The molecule has 0 saturated carbocycles. The second-order valence-corrected chi connectivity index (χ2v) is 10.5. The molecule has 0 radical (unpaired) electrons. The number of carbonyl (C=O) groups is 1. The van der Waals surface area contributed by atoms with Crippen LogP contribution in [0.3, 0.4) is 0 Å². The summed E-state index contributed by atoms with van der Waals surface area (Å²) in [5, 5.41) is 4.34. The molecule has 174 valence electrons. The molecule has 1 aliphatic heterocycles. The molecule has 34 heavy (non-hydrogen) atoms. The lowest BCUT2D eigenvalue weighted by molar-refractivity contribution is -0.126. The van der Waals surface area contributed by atoms with Crippen molar-refractivity contribution >= 4 is 28.7 Å². The Kier molecular flexibility index (Phi) is 6.70. The second kappa shape index (κ2) is 10.0. The van der Waals surface area contributed by atoms with Crippen LogP contribution in [0.15, 0.2) is 84.0 Å². The van der Waals surface area contributed by atoms with E-state index in [2.05, 4.69) is 63.7 Å². The Morgan fingerprint density at radius 3 is 2.47 bits per heavy atom. The van der Waals surface area contributed by atoms with E-state index in [0.29, 0.717) is 5.25 Å². The van der Waals surface area contributed by atoms with Gasteiger partial charge in [-0.05, 0) is 49.1 Å². The van der Waals surface area contributed by atoms with Gasteiger partial charge in [-0.1, -0.05) is 78.5 Å². The second-order valence-electron chi connectivity index (χ2n) is 9.21. The van der Waals surface area contributed by atoms with Crippen LogP contribution in [0.4, 0.5) is 0 Å². The Morgan fingerprint density at radius 1 is 1.03 bits per heavy atom. The lowest BCUT2D eigenvalue weighted by Crippen LogP contribution is -2.45. The van der Waals surface area contributed by atoms with E-state index in [1.165, 1.54) is 16.7 Å². The molecule has 6 heteroatoms. The van der Waals surface area contributed by atoms with Gasteiger partial charge in [0.2, 0.25) is 5.91 Å². The summed E-state index contributed by atoms with van der Waals surface area (Å²) >= 11 is 1.74. The minimum absolute atomic E-state index is 0.114. The molecule has 2 atom stereocenters. The summed E-state index contributed by atoms with van der Waals surface area (Å²) in [5.41, 5.74) is 5.67. The predicted octanol–water partition coefficient (Wildman–Crippen LogP) is 5.49. The number of para-hydroxylation sites is 2. The van der Waals surface area contributed by atoms with Crippen LogP contribution >= 0.6 is 11.8 Å². The van der Waals surface area contributed by atoms with E-state index in [1.807, 2.05) is 44.2 Å². The normalized spacial score (nSPS) is 18.6. The van der Waals surface area contributed by atoms with Crippen molar-refractivity contribution in [3.05, 3.63) is 84.4 Å². The summed E-state index contributed by atoms with van der Waals surface area (Å²) in [7, 11) is 0. The monoisotopic (exact) mass is 470 g/mol. The number of aromatic nitrogens is 2. The maximum atomic E-state index is 13.0. The van der Waals surface area contributed by atoms with Gasteiger partial charge in [-0.15, -0.1) is 0 Å². The minimum atomic E-state index is -0.141. The molecule has 2 heterocycles. The molecule has 0 aliphatic carbocycles. The first kappa shape index (κ1) is 22.7. The summed E-state index contributed by atoms with van der Waals surface area (Å²) < 4.78 is 0. The van der Waals surface area contributed by atoms with Crippen LogP contribution in [0.1, 0.15) is 25.8 Å². The highest BCUT2D eigenvalue weighted by atomic mass is 32.2. The lowest BCUT2D eigenvalue weighted by atomic mass is 10.0. The van der Waals surface area contributed by atoms with Gasteiger partial charge in [0, 0.05) is 24.4 Å². The summed E-state index contributed by atoms with van der Waals surface area (Å²) in [6, 6.07) is 27.2. The third-order valence-electron chi connectivity index (χ3n) is 6.19. The summed E-state index contributed by atoms with van der Waals surface area (Å²) in [5.74, 6) is 0.114. The number of imidazole rings is 1. The van der Waals surface area contributed by atoms with Crippen molar-refractivity contribution in [3.63, 3.8) is 0 Å². The van der Waals surface area contributed by atoms with Crippen LogP contribution in [0, 0.1) is 0 Å². The number of H-pyrrole nitrogens is 1. The SMILES string of the molecule is CC(C)NC(=O)[C@@H]1C[C@H](Sc2nc3ccccc3[nH]2)CN1Cc1ccc(-c2ccccc2)cc1. The van der Waals surface area contributed by atoms with E-state index in [1.54, 1.807) is 11.8 Å². The highest BCUT2D eigenvalue weighted by molar-refractivity contribution is 7.99. The van der Waals surface area contributed by atoms with Crippen LogP contribution in [0.25, 0.3) is 22.2 Å². The molecule has 3 aromatic carbocycles. The zero-order valence-corrected chi connectivity index (χ0v) is 20.4. The van der Waals surface area contributed by atoms with E-state index < -0.39 is 0 Å². The standard InChI is InChI=1S/C28H30N4OS/c1-19(2)29-27(33)26-16-23(34-28-30-24-10-6-7-11-25(24)31-28)18-32(26)17-20-12-14-22(15-13-20)21-8-4-3-5-9-21/h3-15,19,23,26H,16-18H2,1-2H3,(H,29,33)(H,30,31)/t23-,26-/m0/s1. The summed E-state index contributed by atoms with van der Waals surface area (Å²) in [6.07, 6.45) is 0.808. The predicted molar refractivity (Wildman–Crippen MR) is 140 cm³/mol. The number of nitrogens with zero attached hydrogens (tertiary/aromatic N) is 2. The molecule has 1 aliphatic rings. The largest absolute Gasteiger partial charge is 0.353 e. The zero-order valence-electron chi connectivity index (χ0n) is 19.6. The lowest BCUT2D eigenvalue weighted by Gasteiger charge is -2.24. The molecule has 1 fully saturated rings. The van der Waals surface area contributed by atoms with Crippen molar-refractivity contribution in [3.8, 4) is 11.1 Å². The average Bonchev–Trinajstić information content (AvgIpc) is 3.43. The van der Waals surface area contributed by atoms with Crippen LogP contribution in [-0.2, 0) is 11.3 Å². The number of thioether (sulfide) groups is 1. The summed E-state index contributed by atoms with van der Waals surface area (Å²) in [4.78, 5) is 23.5. The van der Waals surface area contributed by atoms with Gasteiger partial charge in [-0.2, -0.15) is 0 Å². The Bertz CT molecular complexity index is 1220. The Balaban J connectivity index is 1.31. The molecule has 1 amide bonds. The Labute approximate surface area is 205 Å². The number of carbonyl (C=O) groups excluding carboxylic acids is 1. The van der Waals surface area contributed by atoms with Gasteiger partial charge in [0.05, 0.1) is 17.1 Å². The van der Waals surface area contributed by atoms with Crippen LogP contribution in [0.2, 0.25) is 0 Å². The number of amides is 1. The van der Waals surface area contributed by atoms with Gasteiger partial charge in [-0.25, -0.2) is 4.98 Å². The van der Waals surface area contributed by atoms with Crippen molar-refractivity contribution in [2.24, 2.45) is 0 Å². The number of likely N-dealkylation sites (tertiary alicyclic amines) is 1. The highest BCUT2D eigenvalue weighted by Crippen LogP contribution is 2.33. The molecule has 2 N–H and O–H groups in total. The van der Waals surface area contributed by atoms with E-state index in [4.69, 9.17) is 4.98 Å². The maximum absolute atomic E-state index is 13.0. The Morgan fingerprint density at radius 2 is 1.74 bits per heavy atom. The molecule has 5 nitrogen and oxygen atoms in total. The van der Waals surface area contributed by atoms with Gasteiger partial charge in [-0.3, -0.25) is 9.69 Å². The average molecular weight is 471 g/mol. The molecule has 0 spiro atoms. The third kappa shape index (κ3) is 5.18. The molecule has 0 unspecified atom stereocenters. The first-order valence-electron chi connectivity index (χ1n) is 11.9. The molecular weight excluding hydrogens is 440 g/mol. The van der Waals surface area contributed by atoms with Gasteiger partial charge in [0.25, 0.3) is 0 Å². The topological polar surface area (TPSA) is 61.0 Å². The van der Waals surface area contributed by atoms with Gasteiger partial charge in [0.1, 0.15) is 0 Å². The first-order chi connectivity index (χ1) is 16.5. The van der Waals surface area contributed by atoms with Gasteiger partial charge in [0.15, 0.2) is 5.16 Å². The first-order valence-corrected chi connectivity index (χ1v) is 12.7. The molecule has 1 aromatic heterocycles. The minimum Gasteiger partial charge on any atom is -0.353 e. The van der Waals surface area contributed by atoms with Crippen molar-refractivity contribution < 1.29 is 4.79 Å². The third-order valence-corrected chi connectivity index (χ3v) is 7.28. The highest BCUT2D eigenvalue weighted by Gasteiger charge is 2.37. The van der Waals surface area contributed by atoms with Crippen molar-refractivity contribution in [1.29, 1.82) is 0 Å². The van der Waals surface area contributed by atoms with Crippen molar-refractivity contribution in [2.75, 3.05) is 6.54 Å². The Hall–Kier alpha value is -3.09. The number of hydrogen-bond acceptors (Lipinski definition) is 4. The van der Waals surface area contributed by atoms with Gasteiger partial charge < -0.3 is 10.3 Å². The number of benzene rings is 3. The van der Waals surface area contributed by atoms with E-state index in [-0.39, 0.29) is 18.0 Å².